The Balaban J connectivity index is 1.46. The Morgan fingerprint density at radius 3 is 1.88 bits per heavy atom. The Morgan fingerprint density at radius 2 is 1.41 bits per heavy atom. The van der Waals surface area contributed by atoms with Crippen LogP contribution < -0.4 is 5.73 Å². The van der Waals surface area contributed by atoms with Crippen LogP contribution in [0.3, 0.4) is 0 Å². The molecule has 2 N–H and O–H groups in total. The van der Waals surface area contributed by atoms with Crippen LogP contribution in [0.4, 0.5) is 0 Å². The summed E-state index contributed by atoms with van der Waals surface area (Å²) >= 11 is 0. The third kappa shape index (κ3) is 3.69. The van der Waals surface area contributed by atoms with Gasteiger partial charge in [-0.1, -0.05) is 12.8 Å². The van der Waals surface area contributed by atoms with Crippen molar-refractivity contribution in [3.63, 3.8) is 0 Å². The number of nitrogens with two attached hydrogens (primary N) is 1. The minimum Gasteiger partial charge on any atom is -0.326 e. The first-order valence-electron chi connectivity index (χ1n) is 7.79. The van der Waals surface area contributed by atoms with Crippen LogP contribution in [-0.4, -0.2) is 30.6 Å². The molecular weight excluding hydrogens is 208 g/mol. The number of rotatable bonds is 7. The summed E-state index contributed by atoms with van der Waals surface area (Å²) in [5, 5.41) is 0. The van der Waals surface area contributed by atoms with Crippen LogP contribution in [0.15, 0.2) is 0 Å². The van der Waals surface area contributed by atoms with E-state index >= 15 is 0 Å². The molecule has 17 heavy (non-hydrogen) atoms. The summed E-state index contributed by atoms with van der Waals surface area (Å²) in [5.41, 5.74) is 6.43. The Hall–Kier alpha value is -0.0800. The van der Waals surface area contributed by atoms with Crippen molar-refractivity contribution in [1.29, 1.82) is 0 Å². The van der Waals surface area contributed by atoms with Crippen molar-refractivity contribution in [3.8, 4) is 0 Å². The van der Waals surface area contributed by atoms with Gasteiger partial charge in [-0.3, -0.25) is 0 Å². The zero-order valence-corrected chi connectivity index (χ0v) is 11.1. The molecule has 2 nitrogen and oxygen atoms in total. The van der Waals surface area contributed by atoms with E-state index in [1.165, 1.54) is 71.0 Å². The van der Waals surface area contributed by atoms with E-state index in [0.29, 0.717) is 6.04 Å². The summed E-state index contributed by atoms with van der Waals surface area (Å²) in [4.78, 5) is 2.71. The first-order valence-corrected chi connectivity index (χ1v) is 7.79. The Kier molecular flexibility index (Phi) is 3.72. The highest BCUT2D eigenvalue weighted by molar-refractivity contribution is 4.86. The lowest BCUT2D eigenvalue weighted by Gasteiger charge is -2.28. The second-order valence-corrected chi connectivity index (χ2v) is 6.81. The van der Waals surface area contributed by atoms with Gasteiger partial charge in [-0.2, -0.15) is 0 Å². The van der Waals surface area contributed by atoms with Crippen LogP contribution >= 0.6 is 0 Å². The van der Waals surface area contributed by atoms with E-state index in [9.17, 15) is 0 Å². The minimum absolute atomic E-state index is 0.454. The third-order valence-electron chi connectivity index (χ3n) is 4.90. The van der Waals surface area contributed by atoms with Crippen molar-refractivity contribution < 1.29 is 0 Å². The van der Waals surface area contributed by atoms with Crippen molar-refractivity contribution >= 4 is 0 Å². The van der Waals surface area contributed by atoms with Crippen LogP contribution in [0.2, 0.25) is 0 Å². The van der Waals surface area contributed by atoms with E-state index in [1.54, 1.807) is 0 Å². The molecule has 0 aromatic heterocycles. The summed E-state index contributed by atoms with van der Waals surface area (Å²) in [6.45, 7) is 3.87. The normalized spacial score (nSPS) is 27.9. The quantitative estimate of drug-likeness (QED) is 0.736. The largest absolute Gasteiger partial charge is 0.326 e. The number of hydrogen-bond acceptors (Lipinski definition) is 2. The second-order valence-electron chi connectivity index (χ2n) is 6.81. The molecule has 0 radical (unpaired) electrons. The van der Waals surface area contributed by atoms with Gasteiger partial charge in [0.1, 0.15) is 0 Å². The van der Waals surface area contributed by atoms with E-state index in [1.807, 2.05) is 0 Å². The molecule has 3 aliphatic carbocycles. The van der Waals surface area contributed by atoms with Gasteiger partial charge < -0.3 is 10.6 Å². The Labute approximate surface area is 106 Å². The van der Waals surface area contributed by atoms with Gasteiger partial charge in [0.2, 0.25) is 0 Å². The molecule has 0 heterocycles. The topological polar surface area (TPSA) is 29.3 Å². The SMILES string of the molecule is NC(CN(CC1CC1)CC1CC1)C1CCCC1. The minimum atomic E-state index is 0.454. The molecule has 3 saturated carbocycles. The zero-order valence-electron chi connectivity index (χ0n) is 11.1. The number of nitrogens with zero attached hydrogens (tertiary/aromatic N) is 1. The molecule has 1 unspecified atom stereocenters. The first-order chi connectivity index (χ1) is 8.31. The molecule has 3 fully saturated rings. The Morgan fingerprint density at radius 1 is 0.882 bits per heavy atom. The highest BCUT2D eigenvalue weighted by atomic mass is 15.1. The predicted molar refractivity (Wildman–Crippen MR) is 71.8 cm³/mol. The lowest BCUT2D eigenvalue weighted by Crippen LogP contribution is -2.43. The predicted octanol–water partition coefficient (Wildman–Crippen LogP) is 2.63. The maximum absolute atomic E-state index is 6.43. The monoisotopic (exact) mass is 236 g/mol. The molecule has 3 rings (SSSR count). The van der Waals surface area contributed by atoms with Gasteiger partial charge in [-0.25, -0.2) is 0 Å². The second kappa shape index (κ2) is 5.27. The van der Waals surface area contributed by atoms with Gasteiger partial charge in [0.25, 0.3) is 0 Å². The molecule has 1 atom stereocenters. The van der Waals surface area contributed by atoms with Gasteiger partial charge in [0.15, 0.2) is 0 Å². The smallest absolute Gasteiger partial charge is 0.0196 e. The van der Waals surface area contributed by atoms with Crippen molar-refractivity contribution in [1.82, 2.24) is 4.90 Å². The van der Waals surface area contributed by atoms with Crippen molar-refractivity contribution in [3.05, 3.63) is 0 Å². The average Bonchev–Trinajstić information content (AvgIpc) is 3.22. The molecule has 0 spiro atoms. The van der Waals surface area contributed by atoms with Crippen molar-refractivity contribution in [2.45, 2.75) is 57.4 Å². The lowest BCUT2D eigenvalue weighted by molar-refractivity contribution is 0.214. The zero-order chi connectivity index (χ0) is 11.7. The maximum atomic E-state index is 6.43. The van der Waals surface area contributed by atoms with Crippen LogP contribution in [0, 0.1) is 17.8 Å². The van der Waals surface area contributed by atoms with Crippen molar-refractivity contribution in [2.24, 2.45) is 23.5 Å². The van der Waals surface area contributed by atoms with Crippen LogP contribution in [0.1, 0.15) is 51.4 Å². The van der Waals surface area contributed by atoms with Gasteiger partial charge in [0, 0.05) is 25.7 Å². The molecule has 0 aliphatic heterocycles. The van der Waals surface area contributed by atoms with Gasteiger partial charge in [-0.05, 0) is 56.3 Å². The van der Waals surface area contributed by atoms with E-state index in [4.69, 9.17) is 5.73 Å². The first kappa shape index (κ1) is 12.0. The van der Waals surface area contributed by atoms with Gasteiger partial charge in [-0.15, -0.1) is 0 Å². The highest BCUT2D eigenvalue weighted by Crippen LogP contribution is 2.34. The van der Waals surface area contributed by atoms with Crippen LogP contribution in [0.5, 0.6) is 0 Å². The van der Waals surface area contributed by atoms with E-state index in [0.717, 1.165) is 17.8 Å². The fraction of sp³-hybridized carbons (Fsp3) is 1.00. The summed E-state index contributed by atoms with van der Waals surface area (Å²) in [6, 6.07) is 0.454. The molecule has 0 aromatic rings. The molecule has 0 saturated heterocycles. The summed E-state index contributed by atoms with van der Waals surface area (Å²) < 4.78 is 0. The maximum Gasteiger partial charge on any atom is 0.0196 e. The van der Waals surface area contributed by atoms with E-state index in [2.05, 4.69) is 4.90 Å². The third-order valence-corrected chi connectivity index (χ3v) is 4.90. The van der Waals surface area contributed by atoms with Gasteiger partial charge >= 0.3 is 0 Å². The fourth-order valence-corrected chi connectivity index (χ4v) is 3.39. The average molecular weight is 236 g/mol. The number of hydrogen-bond donors (Lipinski definition) is 1. The molecule has 3 aliphatic rings. The summed E-state index contributed by atoms with van der Waals surface area (Å²) in [6.07, 6.45) is 11.5. The van der Waals surface area contributed by atoms with Crippen LogP contribution in [0.25, 0.3) is 0 Å². The highest BCUT2D eigenvalue weighted by Gasteiger charge is 2.31. The molecule has 98 valence electrons. The molecule has 0 bridgehead atoms. The lowest BCUT2D eigenvalue weighted by atomic mass is 9.98. The summed E-state index contributed by atoms with van der Waals surface area (Å²) in [5.74, 6) is 2.87. The Bertz CT molecular complexity index is 225. The molecule has 0 amide bonds. The standard InChI is InChI=1S/C15H28N2/c16-15(14-3-1-2-4-14)11-17(9-12-5-6-12)10-13-7-8-13/h12-15H,1-11,16H2. The summed E-state index contributed by atoms with van der Waals surface area (Å²) in [7, 11) is 0. The van der Waals surface area contributed by atoms with Crippen LogP contribution in [-0.2, 0) is 0 Å². The van der Waals surface area contributed by atoms with Crippen molar-refractivity contribution in [2.75, 3.05) is 19.6 Å². The van der Waals surface area contributed by atoms with E-state index < -0.39 is 0 Å². The fourth-order valence-electron chi connectivity index (χ4n) is 3.39. The molecule has 0 aromatic carbocycles. The molecule has 2 heteroatoms. The molecular formula is C15H28N2. The van der Waals surface area contributed by atoms with E-state index in [-0.39, 0.29) is 0 Å². The van der Waals surface area contributed by atoms with Gasteiger partial charge in [0.05, 0.1) is 0 Å².